The van der Waals surface area contributed by atoms with Gasteiger partial charge < -0.3 is 10.6 Å². The van der Waals surface area contributed by atoms with Crippen molar-refractivity contribution in [1.82, 2.24) is 5.32 Å². The Morgan fingerprint density at radius 2 is 1.80 bits per heavy atom. The van der Waals surface area contributed by atoms with E-state index in [9.17, 15) is 0 Å². The van der Waals surface area contributed by atoms with Crippen molar-refractivity contribution in [3.63, 3.8) is 0 Å². The average molecular weight is 282 g/mol. The molecule has 0 aromatic heterocycles. The summed E-state index contributed by atoms with van der Waals surface area (Å²) < 4.78 is 0. The maximum absolute atomic E-state index is 5.29. The molecule has 0 heterocycles. The van der Waals surface area contributed by atoms with Crippen LogP contribution in [0, 0.1) is 0 Å². The van der Waals surface area contributed by atoms with Crippen LogP contribution in [0.25, 0.3) is 11.1 Å². The fourth-order valence-corrected chi connectivity index (χ4v) is 3.01. The second kappa shape index (κ2) is 5.25. The SMILES string of the molecule is CC(C)NC(=S)Nc1ccc2c(c1)Cc1ccccc1-2. The van der Waals surface area contributed by atoms with Gasteiger partial charge in [0.1, 0.15) is 0 Å². The number of thiocarbonyl (C=S) groups is 1. The summed E-state index contributed by atoms with van der Waals surface area (Å²) in [5, 5.41) is 7.12. The van der Waals surface area contributed by atoms with E-state index < -0.39 is 0 Å². The summed E-state index contributed by atoms with van der Waals surface area (Å²) in [7, 11) is 0. The van der Waals surface area contributed by atoms with Crippen LogP contribution < -0.4 is 10.6 Å². The Hall–Kier alpha value is -1.87. The van der Waals surface area contributed by atoms with E-state index in [2.05, 4.69) is 66.9 Å². The van der Waals surface area contributed by atoms with E-state index in [1.165, 1.54) is 22.3 Å². The molecule has 0 unspecified atom stereocenters. The highest BCUT2D eigenvalue weighted by molar-refractivity contribution is 7.80. The van der Waals surface area contributed by atoms with Gasteiger partial charge in [-0.25, -0.2) is 0 Å². The van der Waals surface area contributed by atoms with Gasteiger partial charge in [0.25, 0.3) is 0 Å². The predicted octanol–water partition coefficient (Wildman–Crippen LogP) is 3.95. The Labute approximate surface area is 125 Å². The number of hydrogen-bond donors (Lipinski definition) is 2. The van der Waals surface area contributed by atoms with Gasteiger partial charge in [0, 0.05) is 11.7 Å². The van der Waals surface area contributed by atoms with E-state index in [1.807, 2.05) is 0 Å². The first-order valence-corrected chi connectivity index (χ1v) is 7.33. The van der Waals surface area contributed by atoms with Gasteiger partial charge >= 0.3 is 0 Å². The highest BCUT2D eigenvalue weighted by Gasteiger charge is 2.17. The van der Waals surface area contributed by atoms with E-state index in [1.54, 1.807) is 0 Å². The molecule has 0 atom stereocenters. The summed E-state index contributed by atoms with van der Waals surface area (Å²) >= 11 is 5.29. The summed E-state index contributed by atoms with van der Waals surface area (Å²) in [6.07, 6.45) is 1.01. The summed E-state index contributed by atoms with van der Waals surface area (Å²) in [6, 6.07) is 15.4. The molecule has 1 aliphatic rings. The number of rotatable bonds is 2. The minimum absolute atomic E-state index is 0.341. The van der Waals surface area contributed by atoms with E-state index >= 15 is 0 Å². The lowest BCUT2D eigenvalue weighted by atomic mass is 10.1. The molecule has 0 radical (unpaired) electrons. The molecular formula is C17H18N2S. The van der Waals surface area contributed by atoms with Crippen molar-refractivity contribution in [2.24, 2.45) is 0 Å². The maximum atomic E-state index is 5.29. The highest BCUT2D eigenvalue weighted by atomic mass is 32.1. The lowest BCUT2D eigenvalue weighted by Crippen LogP contribution is -2.33. The molecule has 3 heteroatoms. The summed E-state index contributed by atoms with van der Waals surface area (Å²) in [4.78, 5) is 0. The third-order valence-corrected chi connectivity index (χ3v) is 3.69. The van der Waals surface area contributed by atoms with Gasteiger partial charge in [0.15, 0.2) is 5.11 Å². The molecule has 0 aliphatic heterocycles. The monoisotopic (exact) mass is 282 g/mol. The zero-order chi connectivity index (χ0) is 14.1. The Bertz CT molecular complexity index is 662. The van der Waals surface area contributed by atoms with Gasteiger partial charge in [-0.15, -0.1) is 0 Å². The molecule has 3 rings (SSSR count). The third-order valence-electron chi connectivity index (χ3n) is 3.47. The third kappa shape index (κ3) is 2.54. The van der Waals surface area contributed by atoms with Crippen LogP contribution >= 0.6 is 12.2 Å². The first-order valence-electron chi connectivity index (χ1n) is 6.92. The van der Waals surface area contributed by atoms with E-state index in [-0.39, 0.29) is 0 Å². The first kappa shape index (κ1) is 13.1. The van der Waals surface area contributed by atoms with E-state index in [4.69, 9.17) is 12.2 Å². The Morgan fingerprint density at radius 1 is 1.05 bits per heavy atom. The average Bonchev–Trinajstić information content (AvgIpc) is 2.75. The van der Waals surface area contributed by atoms with Crippen LogP contribution in [0.15, 0.2) is 42.5 Å². The number of fused-ring (bicyclic) bond motifs is 3. The normalized spacial score (nSPS) is 11.9. The van der Waals surface area contributed by atoms with Gasteiger partial charge in [-0.1, -0.05) is 30.3 Å². The van der Waals surface area contributed by atoms with Crippen molar-refractivity contribution in [2.75, 3.05) is 5.32 Å². The minimum atomic E-state index is 0.341. The Kier molecular flexibility index (Phi) is 3.45. The molecule has 2 N–H and O–H groups in total. The lowest BCUT2D eigenvalue weighted by molar-refractivity contribution is 0.739. The summed E-state index contributed by atoms with van der Waals surface area (Å²) in [6.45, 7) is 4.15. The molecule has 0 saturated carbocycles. The predicted molar refractivity (Wildman–Crippen MR) is 89.2 cm³/mol. The van der Waals surface area contributed by atoms with Crippen LogP contribution in [0.2, 0.25) is 0 Å². The molecule has 20 heavy (non-hydrogen) atoms. The largest absolute Gasteiger partial charge is 0.360 e. The molecule has 0 amide bonds. The fraction of sp³-hybridized carbons (Fsp3) is 0.235. The van der Waals surface area contributed by atoms with Crippen molar-refractivity contribution in [1.29, 1.82) is 0 Å². The van der Waals surface area contributed by atoms with Crippen molar-refractivity contribution in [2.45, 2.75) is 26.3 Å². The molecule has 1 aliphatic carbocycles. The van der Waals surface area contributed by atoms with Crippen LogP contribution in [-0.2, 0) is 6.42 Å². The standard InChI is InChI=1S/C17H18N2S/c1-11(2)18-17(20)19-14-7-8-16-13(10-14)9-12-5-3-4-6-15(12)16/h3-8,10-11H,9H2,1-2H3,(H2,18,19,20). The van der Waals surface area contributed by atoms with E-state index in [0.717, 1.165) is 12.1 Å². The van der Waals surface area contributed by atoms with Crippen LogP contribution in [0.3, 0.4) is 0 Å². The van der Waals surface area contributed by atoms with Gasteiger partial charge in [-0.3, -0.25) is 0 Å². The fourth-order valence-electron chi connectivity index (χ4n) is 2.65. The number of nitrogens with one attached hydrogen (secondary N) is 2. The Balaban J connectivity index is 1.82. The number of anilines is 1. The van der Waals surface area contributed by atoms with E-state index in [0.29, 0.717) is 11.2 Å². The van der Waals surface area contributed by atoms with Crippen LogP contribution in [0.4, 0.5) is 5.69 Å². The zero-order valence-corrected chi connectivity index (χ0v) is 12.6. The van der Waals surface area contributed by atoms with Crippen LogP contribution in [-0.4, -0.2) is 11.2 Å². The van der Waals surface area contributed by atoms with Crippen LogP contribution in [0.5, 0.6) is 0 Å². The van der Waals surface area contributed by atoms with Gasteiger partial charge in [-0.2, -0.15) is 0 Å². The molecule has 2 aromatic carbocycles. The van der Waals surface area contributed by atoms with Gasteiger partial charge in [0.2, 0.25) is 0 Å². The molecule has 0 spiro atoms. The summed E-state index contributed by atoms with van der Waals surface area (Å²) in [5.41, 5.74) is 6.52. The minimum Gasteiger partial charge on any atom is -0.360 e. The highest BCUT2D eigenvalue weighted by Crippen LogP contribution is 2.37. The second-order valence-corrected chi connectivity index (χ2v) is 5.87. The Morgan fingerprint density at radius 3 is 2.60 bits per heavy atom. The van der Waals surface area contributed by atoms with Crippen LogP contribution in [0.1, 0.15) is 25.0 Å². The van der Waals surface area contributed by atoms with Crippen molar-refractivity contribution in [3.8, 4) is 11.1 Å². The van der Waals surface area contributed by atoms with Crippen molar-refractivity contribution in [3.05, 3.63) is 53.6 Å². The van der Waals surface area contributed by atoms with Crippen molar-refractivity contribution < 1.29 is 0 Å². The molecular weight excluding hydrogens is 264 g/mol. The lowest BCUT2D eigenvalue weighted by Gasteiger charge is -2.14. The first-order chi connectivity index (χ1) is 9.63. The van der Waals surface area contributed by atoms with Crippen molar-refractivity contribution >= 4 is 23.0 Å². The quantitative estimate of drug-likeness (QED) is 0.696. The molecule has 2 nitrogen and oxygen atoms in total. The maximum Gasteiger partial charge on any atom is 0.170 e. The molecule has 0 bridgehead atoms. The summed E-state index contributed by atoms with van der Waals surface area (Å²) in [5.74, 6) is 0. The zero-order valence-electron chi connectivity index (χ0n) is 11.7. The molecule has 0 fully saturated rings. The topological polar surface area (TPSA) is 24.1 Å². The van der Waals surface area contributed by atoms with Gasteiger partial charge in [-0.05, 0) is 66.9 Å². The number of hydrogen-bond acceptors (Lipinski definition) is 1. The second-order valence-electron chi connectivity index (χ2n) is 5.46. The molecule has 0 saturated heterocycles. The molecule has 102 valence electrons. The van der Waals surface area contributed by atoms with Gasteiger partial charge in [0.05, 0.1) is 0 Å². The molecule has 2 aromatic rings. The smallest absolute Gasteiger partial charge is 0.170 e. The number of benzene rings is 2.